The van der Waals surface area contributed by atoms with E-state index in [0.29, 0.717) is 0 Å². The molecule has 0 amide bonds. The molecule has 1 saturated carbocycles. The molecule has 0 aromatic rings. The fourth-order valence-corrected chi connectivity index (χ4v) is 3.86. The average Bonchev–Trinajstić information content (AvgIpc) is 2.65. The third-order valence-electron chi connectivity index (χ3n) is 5.26. The number of rotatable bonds is 4. The smallest absolute Gasteiger partial charge is 0.0193 e. The highest BCUT2D eigenvalue weighted by Gasteiger charge is 2.23. The summed E-state index contributed by atoms with van der Waals surface area (Å²) in [5.74, 6) is 3.76. The lowest BCUT2D eigenvalue weighted by Crippen LogP contribution is -2.15. The van der Waals surface area contributed by atoms with Crippen LogP contribution in [0.2, 0.25) is 0 Å². The Morgan fingerprint density at radius 3 is 2.72 bits per heavy atom. The highest BCUT2D eigenvalue weighted by atomic mass is 14.3. The Kier molecular flexibility index (Phi) is 5.53. The molecule has 0 saturated heterocycles. The van der Waals surface area contributed by atoms with Gasteiger partial charge in [0.05, 0.1) is 0 Å². The molecule has 102 valence electrons. The molecule has 0 aromatic carbocycles. The summed E-state index contributed by atoms with van der Waals surface area (Å²) >= 11 is 0. The SMILES string of the molecule is CCC1CCCC(C(C)CC2C=CC=CC2)CC1. The molecular weight excluding hydrogens is 216 g/mol. The van der Waals surface area contributed by atoms with Crippen LogP contribution in [0.5, 0.6) is 0 Å². The summed E-state index contributed by atoms with van der Waals surface area (Å²) in [5, 5.41) is 0. The van der Waals surface area contributed by atoms with Crippen molar-refractivity contribution in [2.75, 3.05) is 0 Å². The van der Waals surface area contributed by atoms with Gasteiger partial charge >= 0.3 is 0 Å². The first-order chi connectivity index (χ1) is 8.79. The van der Waals surface area contributed by atoms with Crippen molar-refractivity contribution in [3.63, 3.8) is 0 Å². The maximum atomic E-state index is 2.50. The maximum absolute atomic E-state index is 2.50. The minimum Gasteiger partial charge on any atom is -0.0840 e. The molecule has 4 atom stereocenters. The zero-order valence-electron chi connectivity index (χ0n) is 12.3. The first kappa shape index (κ1) is 13.9. The molecule has 0 heteroatoms. The summed E-state index contributed by atoms with van der Waals surface area (Å²) < 4.78 is 0. The minimum atomic E-state index is 0.815. The molecule has 0 spiro atoms. The highest BCUT2D eigenvalue weighted by Crippen LogP contribution is 2.36. The van der Waals surface area contributed by atoms with Gasteiger partial charge in [-0.3, -0.25) is 0 Å². The van der Waals surface area contributed by atoms with Gasteiger partial charge < -0.3 is 0 Å². The normalized spacial score (nSPS) is 34.2. The molecule has 0 radical (unpaired) electrons. The van der Waals surface area contributed by atoms with Crippen LogP contribution in [0, 0.1) is 23.7 Å². The number of hydrogen-bond donors (Lipinski definition) is 0. The van der Waals surface area contributed by atoms with E-state index in [4.69, 9.17) is 0 Å². The topological polar surface area (TPSA) is 0 Å². The summed E-state index contributed by atoms with van der Waals surface area (Å²) in [4.78, 5) is 0. The maximum Gasteiger partial charge on any atom is -0.0193 e. The lowest BCUT2D eigenvalue weighted by atomic mass is 9.80. The van der Waals surface area contributed by atoms with Gasteiger partial charge in [0.1, 0.15) is 0 Å². The predicted molar refractivity (Wildman–Crippen MR) is 80.5 cm³/mol. The molecule has 0 heterocycles. The number of allylic oxidation sites excluding steroid dienone is 4. The molecule has 0 bridgehead atoms. The molecule has 0 N–H and O–H groups in total. The Morgan fingerprint density at radius 1 is 1.11 bits per heavy atom. The van der Waals surface area contributed by atoms with Crippen molar-refractivity contribution >= 4 is 0 Å². The van der Waals surface area contributed by atoms with E-state index in [1.165, 1.54) is 51.4 Å². The van der Waals surface area contributed by atoms with Crippen LogP contribution in [0.1, 0.15) is 65.2 Å². The Balaban J connectivity index is 1.79. The molecular formula is C18H30. The standard InChI is InChI=1S/C18H30/c1-3-16-10-7-11-18(13-12-16)15(2)14-17-8-5-4-6-9-17/h4-6,8,15-18H,3,7,9-14H2,1-2H3. The largest absolute Gasteiger partial charge is 0.0840 e. The van der Waals surface area contributed by atoms with Gasteiger partial charge in [-0.25, -0.2) is 0 Å². The van der Waals surface area contributed by atoms with E-state index in [2.05, 4.69) is 38.2 Å². The zero-order chi connectivity index (χ0) is 12.8. The lowest BCUT2D eigenvalue weighted by Gasteiger charge is -2.26. The summed E-state index contributed by atoms with van der Waals surface area (Å²) in [5.41, 5.74) is 0. The first-order valence-electron chi connectivity index (χ1n) is 8.13. The van der Waals surface area contributed by atoms with Crippen molar-refractivity contribution in [2.45, 2.75) is 65.2 Å². The van der Waals surface area contributed by atoms with E-state index in [1.807, 2.05) is 0 Å². The van der Waals surface area contributed by atoms with Gasteiger partial charge in [0.25, 0.3) is 0 Å². The second-order valence-electron chi connectivity index (χ2n) is 6.56. The van der Waals surface area contributed by atoms with Gasteiger partial charge in [-0.05, 0) is 42.9 Å². The Morgan fingerprint density at radius 2 is 2.00 bits per heavy atom. The van der Waals surface area contributed by atoms with Crippen LogP contribution in [0.15, 0.2) is 24.3 Å². The van der Waals surface area contributed by atoms with Crippen molar-refractivity contribution in [1.82, 2.24) is 0 Å². The van der Waals surface area contributed by atoms with Crippen molar-refractivity contribution in [3.05, 3.63) is 24.3 Å². The van der Waals surface area contributed by atoms with Crippen molar-refractivity contribution in [1.29, 1.82) is 0 Å². The fourth-order valence-electron chi connectivity index (χ4n) is 3.86. The van der Waals surface area contributed by atoms with E-state index < -0.39 is 0 Å². The van der Waals surface area contributed by atoms with E-state index in [0.717, 1.165) is 23.7 Å². The molecule has 2 rings (SSSR count). The van der Waals surface area contributed by atoms with Crippen molar-refractivity contribution in [3.8, 4) is 0 Å². The molecule has 0 aliphatic heterocycles. The molecule has 4 unspecified atom stereocenters. The lowest BCUT2D eigenvalue weighted by molar-refractivity contribution is 0.275. The Bertz CT molecular complexity index is 286. The van der Waals surface area contributed by atoms with E-state index >= 15 is 0 Å². The number of hydrogen-bond acceptors (Lipinski definition) is 0. The zero-order valence-corrected chi connectivity index (χ0v) is 12.3. The van der Waals surface area contributed by atoms with Crippen molar-refractivity contribution in [2.24, 2.45) is 23.7 Å². The molecule has 1 fully saturated rings. The second-order valence-corrected chi connectivity index (χ2v) is 6.56. The fraction of sp³-hybridized carbons (Fsp3) is 0.778. The van der Waals surface area contributed by atoms with E-state index in [-0.39, 0.29) is 0 Å². The van der Waals surface area contributed by atoms with Crippen LogP contribution in [0.25, 0.3) is 0 Å². The first-order valence-corrected chi connectivity index (χ1v) is 8.13. The van der Waals surface area contributed by atoms with Gasteiger partial charge in [0.2, 0.25) is 0 Å². The van der Waals surface area contributed by atoms with Crippen LogP contribution in [0.4, 0.5) is 0 Å². The van der Waals surface area contributed by atoms with Gasteiger partial charge in [0, 0.05) is 0 Å². The Hall–Kier alpha value is -0.520. The predicted octanol–water partition coefficient (Wildman–Crippen LogP) is 5.75. The molecule has 0 aromatic heterocycles. The minimum absolute atomic E-state index is 0.815. The van der Waals surface area contributed by atoms with Gasteiger partial charge in [0.15, 0.2) is 0 Å². The third kappa shape index (κ3) is 4.00. The van der Waals surface area contributed by atoms with Crippen LogP contribution in [-0.4, -0.2) is 0 Å². The highest BCUT2D eigenvalue weighted by molar-refractivity contribution is 5.10. The van der Waals surface area contributed by atoms with Crippen LogP contribution in [-0.2, 0) is 0 Å². The van der Waals surface area contributed by atoms with E-state index in [9.17, 15) is 0 Å². The monoisotopic (exact) mass is 246 g/mol. The van der Waals surface area contributed by atoms with E-state index in [1.54, 1.807) is 0 Å². The molecule has 2 aliphatic rings. The van der Waals surface area contributed by atoms with Gasteiger partial charge in [-0.15, -0.1) is 0 Å². The summed E-state index contributed by atoms with van der Waals surface area (Å²) in [7, 11) is 0. The summed E-state index contributed by atoms with van der Waals surface area (Å²) in [6.45, 7) is 4.87. The van der Waals surface area contributed by atoms with Gasteiger partial charge in [-0.2, -0.15) is 0 Å². The van der Waals surface area contributed by atoms with Crippen LogP contribution >= 0.6 is 0 Å². The van der Waals surface area contributed by atoms with Crippen LogP contribution < -0.4 is 0 Å². The second kappa shape index (κ2) is 7.16. The average molecular weight is 246 g/mol. The molecule has 18 heavy (non-hydrogen) atoms. The molecule has 2 aliphatic carbocycles. The molecule has 0 nitrogen and oxygen atoms in total. The van der Waals surface area contributed by atoms with Gasteiger partial charge in [-0.1, -0.05) is 70.3 Å². The summed E-state index contributed by atoms with van der Waals surface area (Å²) in [6, 6.07) is 0. The quantitative estimate of drug-likeness (QED) is 0.554. The third-order valence-corrected chi connectivity index (χ3v) is 5.26. The Labute approximate surface area is 114 Å². The van der Waals surface area contributed by atoms with Crippen LogP contribution in [0.3, 0.4) is 0 Å². The van der Waals surface area contributed by atoms with Crippen molar-refractivity contribution < 1.29 is 0 Å². The summed E-state index contributed by atoms with van der Waals surface area (Å²) in [6.07, 6.45) is 20.7.